The van der Waals surface area contributed by atoms with E-state index in [-0.39, 0.29) is 17.9 Å². The molecule has 0 radical (unpaired) electrons. The van der Waals surface area contributed by atoms with Crippen LogP contribution < -0.4 is 10.1 Å². The van der Waals surface area contributed by atoms with Gasteiger partial charge in [-0.25, -0.2) is 4.68 Å². The molecule has 8 nitrogen and oxygen atoms in total. The smallest absolute Gasteiger partial charge is 0.226 e. The van der Waals surface area contributed by atoms with Crippen LogP contribution in [0, 0.1) is 0 Å². The van der Waals surface area contributed by atoms with E-state index >= 15 is 0 Å². The van der Waals surface area contributed by atoms with Gasteiger partial charge in [0.05, 0.1) is 18.7 Å². The first kappa shape index (κ1) is 18.5. The molecule has 5 rings (SSSR count). The number of piperidine rings is 1. The summed E-state index contributed by atoms with van der Waals surface area (Å²) in [5, 5.41) is 11.3. The highest BCUT2D eigenvalue weighted by Crippen LogP contribution is 2.17. The van der Waals surface area contributed by atoms with E-state index in [1.807, 2.05) is 35.4 Å². The van der Waals surface area contributed by atoms with Crippen molar-refractivity contribution >= 4 is 11.8 Å². The van der Waals surface area contributed by atoms with Crippen molar-refractivity contribution in [3.63, 3.8) is 0 Å². The number of ether oxygens (including phenoxy) is 1. The van der Waals surface area contributed by atoms with Crippen molar-refractivity contribution in [1.29, 1.82) is 0 Å². The molecule has 0 saturated carbocycles. The normalized spacial score (nSPS) is 19.4. The van der Waals surface area contributed by atoms with Gasteiger partial charge in [0.1, 0.15) is 12.4 Å². The number of benzene rings is 1. The number of carbonyl (C=O) groups excluding carboxylic acids is 2. The van der Waals surface area contributed by atoms with Gasteiger partial charge in [0.2, 0.25) is 11.8 Å². The third-order valence-electron chi connectivity index (χ3n) is 5.25. The molecule has 148 valence electrons. The van der Waals surface area contributed by atoms with E-state index in [0.717, 1.165) is 29.8 Å². The first-order chi connectivity index (χ1) is 13.7. The Morgan fingerprint density at radius 1 is 1.11 bits per heavy atom. The molecular weight excluding hydrogens is 358 g/mol. The van der Waals surface area contributed by atoms with Crippen LogP contribution in [0.3, 0.4) is 0 Å². The van der Waals surface area contributed by atoms with Crippen molar-refractivity contribution in [2.45, 2.75) is 44.7 Å². The largest absolute Gasteiger partial charge is 0.492 e. The Morgan fingerprint density at radius 2 is 1.96 bits per heavy atom. The zero-order chi connectivity index (χ0) is 19.3. The molecule has 3 aliphatic rings. The average Bonchev–Trinajstić information content (AvgIpc) is 3.14. The molecule has 0 aliphatic carbocycles. The standard InChI is InChI=1S/C20H25N5O3/c26-19-5-4-17-14-25(23-22-17)10-11-28-18-3-1-2-15(12-18)13-20(27)24-8-6-16(21-19)7-9-24/h1-3,12,14,16H,4-11,13H2,(H,21,26). The van der Waals surface area contributed by atoms with Crippen molar-refractivity contribution in [3.8, 4) is 5.75 Å². The minimum Gasteiger partial charge on any atom is -0.492 e. The van der Waals surface area contributed by atoms with E-state index in [4.69, 9.17) is 4.74 Å². The van der Waals surface area contributed by atoms with Crippen molar-refractivity contribution in [1.82, 2.24) is 25.2 Å². The molecule has 0 spiro atoms. The fraction of sp³-hybridized carbons (Fsp3) is 0.500. The number of aryl methyl sites for hydroxylation is 1. The second-order valence-electron chi connectivity index (χ2n) is 7.37. The average molecular weight is 383 g/mol. The molecule has 3 aliphatic heterocycles. The van der Waals surface area contributed by atoms with Gasteiger partial charge < -0.3 is 15.0 Å². The molecule has 1 aromatic carbocycles. The zero-order valence-electron chi connectivity index (χ0n) is 15.8. The number of aromatic nitrogens is 3. The molecule has 1 aromatic heterocycles. The fourth-order valence-corrected chi connectivity index (χ4v) is 3.67. The fourth-order valence-electron chi connectivity index (χ4n) is 3.67. The molecule has 1 N–H and O–H groups in total. The number of nitrogens with one attached hydrogen (secondary N) is 1. The Morgan fingerprint density at radius 3 is 2.82 bits per heavy atom. The summed E-state index contributed by atoms with van der Waals surface area (Å²) in [4.78, 5) is 26.7. The molecule has 28 heavy (non-hydrogen) atoms. The van der Waals surface area contributed by atoms with E-state index in [1.54, 1.807) is 4.68 Å². The number of hydrogen-bond acceptors (Lipinski definition) is 5. The van der Waals surface area contributed by atoms with Crippen molar-refractivity contribution in [2.75, 3.05) is 19.7 Å². The minimum atomic E-state index is 0.0246. The Hall–Kier alpha value is -2.90. The van der Waals surface area contributed by atoms with Crippen LogP contribution in [0.1, 0.15) is 30.5 Å². The van der Waals surface area contributed by atoms with Crippen molar-refractivity contribution in [2.24, 2.45) is 0 Å². The highest BCUT2D eigenvalue weighted by atomic mass is 16.5. The predicted molar refractivity (Wildman–Crippen MR) is 102 cm³/mol. The van der Waals surface area contributed by atoms with Gasteiger partial charge in [-0.15, -0.1) is 5.10 Å². The van der Waals surface area contributed by atoms with Gasteiger partial charge in [-0.05, 0) is 30.5 Å². The number of amides is 2. The Labute approximate surface area is 163 Å². The van der Waals surface area contributed by atoms with Gasteiger partial charge in [0.15, 0.2) is 0 Å². The van der Waals surface area contributed by atoms with E-state index in [2.05, 4.69) is 15.6 Å². The summed E-state index contributed by atoms with van der Waals surface area (Å²) in [6.45, 7) is 2.37. The molecular formula is C20H25N5O3. The molecule has 8 heteroatoms. The maximum absolute atomic E-state index is 12.6. The van der Waals surface area contributed by atoms with Crippen molar-refractivity contribution in [3.05, 3.63) is 41.7 Å². The predicted octanol–water partition coefficient (Wildman–Crippen LogP) is 0.953. The van der Waals surface area contributed by atoms with Crippen LogP contribution in [0.15, 0.2) is 30.5 Å². The Balaban J connectivity index is 1.49. The highest BCUT2D eigenvalue weighted by Gasteiger charge is 2.24. The lowest BCUT2D eigenvalue weighted by atomic mass is 10.0. The number of hydrogen-bond donors (Lipinski definition) is 1. The summed E-state index contributed by atoms with van der Waals surface area (Å²) in [6.07, 6.45) is 4.75. The summed E-state index contributed by atoms with van der Waals surface area (Å²) >= 11 is 0. The zero-order valence-corrected chi connectivity index (χ0v) is 15.8. The molecule has 0 unspecified atom stereocenters. The molecule has 0 atom stereocenters. The summed E-state index contributed by atoms with van der Waals surface area (Å²) < 4.78 is 7.54. The topological polar surface area (TPSA) is 89.4 Å². The Bertz CT molecular complexity index is 842. The van der Waals surface area contributed by atoms with Crippen molar-refractivity contribution < 1.29 is 14.3 Å². The van der Waals surface area contributed by atoms with Gasteiger partial charge in [-0.3, -0.25) is 9.59 Å². The van der Waals surface area contributed by atoms with Crippen LogP contribution in [0.25, 0.3) is 0 Å². The SMILES string of the molecule is O=C1CCc2cn(nn2)CCOc2cccc(c2)CC(=O)N2CCC(CC2)N1. The lowest BCUT2D eigenvalue weighted by molar-refractivity contribution is -0.131. The first-order valence-electron chi connectivity index (χ1n) is 9.83. The third kappa shape index (κ3) is 4.68. The summed E-state index contributed by atoms with van der Waals surface area (Å²) in [6, 6.07) is 7.81. The first-order valence-corrected chi connectivity index (χ1v) is 9.83. The van der Waals surface area contributed by atoms with Crippen LogP contribution in [-0.2, 0) is 29.0 Å². The van der Waals surface area contributed by atoms with E-state index in [9.17, 15) is 9.59 Å². The van der Waals surface area contributed by atoms with Crippen LogP contribution in [0.5, 0.6) is 5.75 Å². The molecule has 4 heterocycles. The molecule has 2 aromatic rings. The quantitative estimate of drug-likeness (QED) is 0.732. The van der Waals surface area contributed by atoms with E-state index in [0.29, 0.717) is 45.5 Å². The molecule has 1 fully saturated rings. The lowest BCUT2D eigenvalue weighted by Crippen LogP contribution is -2.47. The second-order valence-corrected chi connectivity index (χ2v) is 7.37. The summed E-state index contributed by atoms with van der Waals surface area (Å²) in [5.74, 6) is 0.892. The van der Waals surface area contributed by atoms with Gasteiger partial charge in [0, 0.05) is 38.2 Å². The third-order valence-corrected chi connectivity index (χ3v) is 5.25. The van der Waals surface area contributed by atoms with Crippen LogP contribution in [0.2, 0.25) is 0 Å². The maximum atomic E-state index is 12.6. The maximum Gasteiger partial charge on any atom is 0.226 e. The van der Waals surface area contributed by atoms with Gasteiger partial charge in [-0.1, -0.05) is 17.3 Å². The lowest BCUT2D eigenvalue weighted by Gasteiger charge is -2.32. The Kier molecular flexibility index (Phi) is 5.55. The molecule has 1 saturated heterocycles. The summed E-state index contributed by atoms with van der Waals surface area (Å²) in [7, 11) is 0. The molecule has 2 amide bonds. The van der Waals surface area contributed by atoms with Crippen LogP contribution in [0.4, 0.5) is 0 Å². The van der Waals surface area contributed by atoms with Gasteiger partial charge in [-0.2, -0.15) is 0 Å². The van der Waals surface area contributed by atoms with Gasteiger partial charge in [0.25, 0.3) is 0 Å². The number of carbonyl (C=O) groups is 2. The monoisotopic (exact) mass is 383 g/mol. The highest BCUT2D eigenvalue weighted by molar-refractivity contribution is 5.79. The van der Waals surface area contributed by atoms with Gasteiger partial charge >= 0.3 is 0 Å². The second kappa shape index (κ2) is 8.41. The number of fused-ring (bicyclic) bond motifs is 8. The number of rotatable bonds is 0. The van der Waals surface area contributed by atoms with Crippen LogP contribution >= 0.6 is 0 Å². The van der Waals surface area contributed by atoms with Crippen LogP contribution in [-0.4, -0.2) is 57.4 Å². The summed E-state index contributed by atoms with van der Waals surface area (Å²) in [5.41, 5.74) is 1.74. The van der Waals surface area contributed by atoms with E-state index in [1.165, 1.54) is 0 Å². The molecule has 6 bridgehead atoms. The van der Waals surface area contributed by atoms with E-state index < -0.39 is 0 Å². The minimum absolute atomic E-state index is 0.0246. The number of nitrogens with zero attached hydrogens (tertiary/aromatic N) is 4.